The van der Waals surface area contributed by atoms with E-state index in [0.717, 1.165) is 4.90 Å². The van der Waals surface area contributed by atoms with Crippen molar-refractivity contribution in [2.45, 2.75) is 17.7 Å². The predicted molar refractivity (Wildman–Crippen MR) is 103 cm³/mol. The number of benzene rings is 1. The lowest BCUT2D eigenvalue weighted by atomic mass is 9.85. The molecule has 2 amide bonds. The van der Waals surface area contributed by atoms with Gasteiger partial charge in [0.25, 0.3) is 0 Å². The molecule has 2 saturated heterocycles. The van der Waals surface area contributed by atoms with Crippen molar-refractivity contribution in [1.82, 2.24) is 9.21 Å². The first-order valence-electron chi connectivity index (χ1n) is 9.76. The molecule has 29 heavy (non-hydrogen) atoms. The van der Waals surface area contributed by atoms with Gasteiger partial charge in [-0.1, -0.05) is 24.3 Å². The topological polar surface area (TPSA) is 103 Å². The van der Waals surface area contributed by atoms with E-state index in [1.807, 2.05) is 18.2 Å². The zero-order valence-electron chi connectivity index (χ0n) is 16.0. The van der Waals surface area contributed by atoms with E-state index in [-0.39, 0.29) is 53.9 Å². The molecule has 0 saturated carbocycles. The van der Waals surface area contributed by atoms with E-state index in [1.54, 1.807) is 12.1 Å². The Kier molecular flexibility index (Phi) is 5.25. The second kappa shape index (κ2) is 7.71. The molecule has 4 rings (SSSR count). The first-order valence-corrected chi connectivity index (χ1v) is 11.2. The van der Waals surface area contributed by atoms with Gasteiger partial charge in [0, 0.05) is 0 Å². The van der Waals surface area contributed by atoms with Crippen molar-refractivity contribution in [3.05, 3.63) is 42.0 Å². The molecular formula is C20H23N4O4S+. The molecule has 8 nitrogen and oxygen atoms in total. The van der Waals surface area contributed by atoms with Gasteiger partial charge in [0.05, 0.1) is 48.5 Å². The van der Waals surface area contributed by atoms with Crippen LogP contribution in [0.25, 0.3) is 0 Å². The summed E-state index contributed by atoms with van der Waals surface area (Å²) in [6, 6.07) is 8.12. The molecule has 0 aromatic heterocycles. The summed E-state index contributed by atoms with van der Waals surface area (Å²) in [6.07, 6.45) is 5.16. The fraction of sp³-hybridized carbons (Fsp3) is 0.450. The van der Waals surface area contributed by atoms with E-state index < -0.39 is 10.0 Å². The lowest BCUT2D eigenvalue weighted by Crippen LogP contribution is -3.16. The highest BCUT2D eigenvalue weighted by atomic mass is 32.2. The number of nitrogens with one attached hydrogen (secondary N) is 1. The number of nitrogens with zero attached hydrogens (tertiary/aromatic N) is 3. The second-order valence-corrected chi connectivity index (χ2v) is 9.59. The van der Waals surface area contributed by atoms with Gasteiger partial charge >= 0.3 is 0 Å². The molecule has 2 aliphatic heterocycles. The summed E-state index contributed by atoms with van der Waals surface area (Å²) in [5.41, 5.74) is 0.131. The van der Waals surface area contributed by atoms with Gasteiger partial charge in [0.1, 0.15) is 6.07 Å². The van der Waals surface area contributed by atoms with Crippen LogP contribution in [0.5, 0.6) is 0 Å². The van der Waals surface area contributed by atoms with Crippen LogP contribution in [0.15, 0.2) is 41.3 Å². The van der Waals surface area contributed by atoms with E-state index in [9.17, 15) is 23.3 Å². The summed E-state index contributed by atoms with van der Waals surface area (Å²) in [7, 11) is -3.75. The Morgan fingerprint density at radius 1 is 1.03 bits per heavy atom. The van der Waals surface area contributed by atoms with Gasteiger partial charge in [0.15, 0.2) is 6.67 Å². The third kappa shape index (κ3) is 3.48. The monoisotopic (exact) mass is 415 g/mol. The average molecular weight is 415 g/mol. The summed E-state index contributed by atoms with van der Waals surface area (Å²) >= 11 is 0. The Labute approximate surface area is 170 Å². The van der Waals surface area contributed by atoms with Crippen LogP contribution in [-0.4, -0.2) is 62.3 Å². The first kappa shape index (κ1) is 19.8. The Hall–Kier alpha value is -2.54. The number of likely N-dealkylation sites (tertiary alicyclic amines) is 1. The molecule has 1 N–H and O–H groups in total. The van der Waals surface area contributed by atoms with E-state index >= 15 is 0 Å². The number of allylic oxidation sites excluding steroid dienone is 2. The molecule has 152 valence electrons. The van der Waals surface area contributed by atoms with Crippen LogP contribution in [-0.2, 0) is 19.6 Å². The van der Waals surface area contributed by atoms with Crippen LogP contribution < -0.4 is 4.90 Å². The summed E-state index contributed by atoms with van der Waals surface area (Å²) in [5.74, 6) is -0.684. The number of nitriles is 1. The van der Waals surface area contributed by atoms with Gasteiger partial charge in [-0.25, -0.2) is 13.3 Å². The maximum atomic E-state index is 12.9. The highest BCUT2D eigenvalue weighted by molar-refractivity contribution is 7.89. The van der Waals surface area contributed by atoms with E-state index in [1.165, 1.54) is 21.3 Å². The van der Waals surface area contributed by atoms with Crippen LogP contribution in [0.4, 0.5) is 0 Å². The van der Waals surface area contributed by atoms with Crippen LogP contribution in [0.1, 0.15) is 18.4 Å². The van der Waals surface area contributed by atoms with Gasteiger partial charge in [-0.15, -0.1) is 0 Å². The number of sulfonamides is 1. The van der Waals surface area contributed by atoms with Crippen molar-refractivity contribution in [2.75, 3.05) is 32.8 Å². The molecule has 3 aliphatic rings. The lowest BCUT2D eigenvalue weighted by Gasteiger charge is -2.33. The molecule has 2 atom stereocenters. The Morgan fingerprint density at radius 3 is 2.21 bits per heavy atom. The van der Waals surface area contributed by atoms with Gasteiger partial charge in [-0.05, 0) is 25.0 Å². The minimum absolute atomic E-state index is 0.0208. The molecule has 1 aromatic carbocycles. The number of piperazine rings is 1. The zero-order valence-corrected chi connectivity index (χ0v) is 16.8. The molecule has 9 heteroatoms. The van der Waals surface area contributed by atoms with E-state index in [2.05, 4.69) is 0 Å². The third-order valence-electron chi connectivity index (χ3n) is 6.04. The van der Waals surface area contributed by atoms with Crippen molar-refractivity contribution in [1.29, 1.82) is 5.26 Å². The summed E-state index contributed by atoms with van der Waals surface area (Å²) < 4.78 is 27.2. The number of quaternary nitrogens is 1. The average Bonchev–Trinajstić information content (AvgIpc) is 2.99. The summed E-state index contributed by atoms with van der Waals surface area (Å²) in [6.45, 7) is 1.84. The number of fused-ring (bicyclic) bond motifs is 1. The molecule has 0 spiro atoms. The summed E-state index contributed by atoms with van der Waals surface area (Å²) in [4.78, 5) is 27.6. The number of hydrogen-bond acceptors (Lipinski definition) is 5. The van der Waals surface area contributed by atoms with E-state index in [4.69, 9.17) is 0 Å². The maximum Gasteiger partial charge on any atom is 0.244 e. The minimum atomic E-state index is -3.75. The maximum absolute atomic E-state index is 12.9. The smallest absolute Gasteiger partial charge is 0.244 e. The zero-order chi connectivity index (χ0) is 20.6. The van der Waals surface area contributed by atoms with Crippen LogP contribution >= 0.6 is 0 Å². The Bertz CT molecular complexity index is 980. The highest BCUT2D eigenvalue weighted by Gasteiger charge is 2.48. The SMILES string of the molecule is N#Cc1ccccc1S(=O)(=O)N1CC[NH+](CN2C(=O)[C@@H]3CC=CC[C@H]3C2=O)CC1. The summed E-state index contributed by atoms with van der Waals surface area (Å²) in [5, 5.41) is 9.21. The van der Waals surface area contributed by atoms with Crippen LogP contribution in [0, 0.1) is 23.2 Å². The second-order valence-electron chi connectivity index (χ2n) is 7.68. The molecule has 1 aromatic rings. The van der Waals surface area contributed by atoms with Crippen LogP contribution in [0.2, 0.25) is 0 Å². The molecule has 0 bridgehead atoms. The van der Waals surface area contributed by atoms with Crippen LogP contribution in [0.3, 0.4) is 0 Å². The number of amides is 2. The lowest BCUT2D eigenvalue weighted by molar-refractivity contribution is -0.910. The molecule has 0 radical (unpaired) electrons. The van der Waals surface area contributed by atoms with Crippen molar-refractivity contribution in [3.8, 4) is 6.07 Å². The molecule has 0 unspecified atom stereocenters. The third-order valence-corrected chi connectivity index (χ3v) is 7.99. The highest BCUT2D eigenvalue weighted by Crippen LogP contribution is 2.34. The standard InChI is InChI=1S/C20H22N4O4S/c21-13-15-5-1-4-8-18(15)29(27,28)23-11-9-22(10-12-23)14-24-19(25)16-6-2-3-7-17(16)20(24)26/h1-5,8,16-17H,6-7,9-12,14H2/p+1/t16-,17-/m1/s1. The molecular weight excluding hydrogens is 392 g/mol. The molecule has 2 fully saturated rings. The fourth-order valence-electron chi connectivity index (χ4n) is 4.37. The van der Waals surface area contributed by atoms with Crippen molar-refractivity contribution < 1.29 is 22.9 Å². The van der Waals surface area contributed by atoms with Crippen molar-refractivity contribution in [2.24, 2.45) is 11.8 Å². The number of rotatable bonds is 4. The molecule has 1 aliphatic carbocycles. The Balaban J connectivity index is 1.41. The van der Waals surface area contributed by atoms with Gasteiger partial charge in [-0.3, -0.25) is 9.59 Å². The number of imide groups is 1. The van der Waals surface area contributed by atoms with Gasteiger partial charge in [0.2, 0.25) is 21.8 Å². The fourth-order valence-corrected chi connectivity index (χ4v) is 5.96. The largest absolute Gasteiger partial charge is 0.315 e. The number of carbonyl (C=O) groups is 2. The Morgan fingerprint density at radius 2 is 1.62 bits per heavy atom. The van der Waals surface area contributed by atoms with Crippen molar-refractivity contribution in [3.63, 3.8) is 0 Å². The minimum Gasteiger partial charge on any atom is -0.315 e. The quantitative estimate of drug-likeness (QED) is 0.520. The predicted octanol–water partition coefficient (Wildman–Crippen LogP) is -0.644. The number of hydrogen-bond donors (Lipinski definition) is 1. The number of carbonyl (C=O) groups excluding carboxylic acids is 2. The normalized spacial score (nSPS) is 25.8. The van der Waals surface area contributed by atoms with Gasteiger partial charge in [-0.2, -0.15) is 9.57 Å². The molecule has 2 heterocycles. The van der Waals surface area contributed by atoms with E-state index in [0.29, 0.717) is 25.9 Å². The van der Waals surface area contributed by atoms with Gasteiger partial charge < -0.3 is 4.90 Å². The van der Waals surface area contributed by atoms with Crippen molar-refractivity contribution >= 4 is 21.8 Å². The first-order chi connectivity index (χ1) is 13.9.